The Morgan fingerprint density at radius 3 is 2.56 bits per heavy atom. The molecule has 1 unspecified atom stereocenters. The van der Waals surface area contributed by atoms with Crippen LogP contribution in [0.1, 0.15) is 12.5 Å². The minimum Gasteiger partial charge on any atom is -0.497 e. The van der Waals surface area contributed by atoms with Gasteiger partial charge in [0, 0.05) is 23.7 Å². The minimum atomic E-state index is -2.12. The van der Waals surface area contributed by atoms with Crippen LogP contribution < -0.4 is 9.46 Å². The van der Waals surface area contributed by atoms with Crippen LogP contribution in [0.25, 0.3) is 22.2 Å². The standard InChI is InChI=1S/C18H17N3O3S/c1-3-21-17-10-14(24-2)8-9-15(17)16(11-19)18(21)12-4-6-13(7-5-12)20-25(22)23/h4-10,20H,3H2,1-2H3,(H,22,23). The van der Waals surface area contributed by atoms with E-state index in [-0.39, 0.29) is 0 Å². The molecule has 6 nitrogen and oxygen atoms in total. The van der Waals surface area contributed by atoms with E-state index in [0.29, 0.717) is 17.8 Å². The van der Waals surface area contributed by atoms with Crippen LogP contribution in [0.4, 0.5) is 5.69 Å². The highest BCUT2D eigenvalue weighted by molar-refractivity contribution is 7.80. The summed E-state index contributed by atoms with van der Waals surface area (Å²) in [6.45, 7) is 2.72. The maximum Gasteiger partial charge on any atom is 0.259 e. The summed E-state index contributed by atoms with van der Waals surface area (Å²) in [7, 11) is 1.61. The number of benzene rings is 2. The molecule has 3 aromatic rings. The number of rotatable bonds is 5. The van der Waals surface area contributed by atoms with E-state index in [9.17, 15) is 9.47 Å². The topological polar surface area (TPSA) is 87.3 Å². The second kappa shape index (κ2) is 6.97. The van der Waals surface area contributed by atoms with Crippen molar-refractivity contribution in [2.24, 2.45) is 0 Å². The molecule has 1 aromatic heterocycles. The van der Waals surface area contributed by atoms with Gasteiger partial charge in [0.2, 0.25) is 0 Å². The number of ether oxygens (including phenoxy) is 1. The van der Waals surface area contributed by atoms with Crippen molar-refractivity contribution in [3.63, 3.8) is 0 Å². The van der Waals surface area contributed by atoms with Gasteiger partial charge in [0.25, 0.3) is 11.3 Å². The highest BCUT2D eigenvalue weighted by Crippen LogP contribution is 2.35. The van der Waals surface area contributed by atoms with E-state index in [1.807, 2.05) is 37.3 Å². The number of aromatic nitrogens is 1. The lowest BCUT2D eigenvalue weighted by molar-refractivity contribution is 0.415. The van der Waals surface area contributed by atoms with Crippen molar-refractivity contribution in [2.75, 3.05) is 11.8 Å². The lowest BCUT2D eigenvalue weighted by Crippen LogP contribution is -2.02. The molecule has 0 fully saturated rings. The Kier molecular flexibility index (Phi) is 4.74. The number of hydrogen-bond acceptors (Lipinski definition) is 3. The number of anilines is 1. The average Bonchev–Trinajstić information content (AvgIpc) is 2.94. The van der Waals surface area contributed by atoms with Crippen LogP contribution in [0.3, 0.4) is 0 Å². The zero-order valence-corrected chi connectivity index (χ0v) is 14.6. The first-order valence-electron chi connectivity index (χ1n) is 7.67. The fourth-order valence-corrected chi connectivity index (χ4v) is 3.33. The summed E-state index contributed by atoms with van der Waals surface area (Å²) in [5, 5.41) is 10.6. The van der Waals surface area contributed by atoms with E-state index >= 15 is 0 Å². The van der Waals surface area contributed by atoms with Crippen LogP contribution in [0.15, 0.2) is 42.5 Å². The Morgan fingerprint density at radius 2 is 2.00 bits per heavy atom. The van der Waals surface area contributed by atoms with Gasteiger partial charge in [-0.3, -0.25) is 9.27 Å². The molecule has 3 rings (SSSR count). The fourth-order valence-electron chi connectivity index (χ4n) is 2.99. The molecule has 1 atom stereocenters. The predicted octanol–water partition coefficient (Wildman–Crippen LogP) is 3.76. The van der Waals surface area contributed by atoms with Gasteiger partial charge in [-0.2, -0.15) is 5.26 Å². The van der Waals surface area contributed by atoms with Crippen LogP contribution >= 0.6 is 0 Å². The normalized spacial score (nSPS) is 11.9. The molecule has 0 aliphatic rings. The molecular weight excluding hydrogens is 338 g/mol. The highest BCUT2D eigenvalue weighted by atomic mass is 32.2. The van der Waals surface area contributed by atoms with Crippen molar-refractivity contribution in [1.29, 1.82) is 5.26 Å². The van der Waals surface area contributed by atoms with Crippen molar-refractivity contribution in [2.45, 2.75) is 13.5 Å². The van der Waals surface area contributed by atoms with Crippen molar-refractivity contribution in [3.8, 4) is 23.1 Å². The van der Waals surface area contributed by atoms with E-state index in [4.69, 9.17) is 9.29 Å². The lowest BCUT2D eigenvalue weighted by atomic mass is 10.1. The van der Waals surface area contributed by atoms with Gasteiger partial charge in [0.05, 0.1) is 23.9 Å². The number of nitriles is 1. The largest absolute Gasteiger partial charge is 0.497 e. The summed E-state index contributed by atoms with van der Waals surface area (Å²) < 4.78 is 29.5. The molecule has 128 valence electrons. The molecule has 0 saturated carbocycles. The SMILES string of the molecule is CCn1c(-c2ccc(NS(=O)O)cc2)c(C#N)c2ccc(OC)cc21. The van der Waals surface area contributed by atoms with Gasteiger partial charge in [-0.25, -0.2) is 4.21 Å². The third-order valence-electron chi connectivity index (χ3n) is 4.06. The van der Waals surface area contributed by atoms with Gasteiger partial charge < -0.3 is 9.30 Å². The Hall–Kier alpha value is -2.82. The monoisotopic (exact) mass is 355 g/mol. The zero-order valence-electron chi connectivity index (χ0n) is 13.8. The Bertz CT molecular complexity index is 987. The molecule has 0 amide bonds. The van der Waals surface area contributed by atoms with E-state index in [2.05, 4.69) is 15.4 Å². The van der Waals surface area contributed by atoms with Gasteiger partial charge in [0.15, 0.2) is 0 Å². The summed E-state index contributed by atoms with van der Waals surface area (Å²) >= 11 is -2.12. The first-order chi connectivity index (χ1) is 12.1. The Balaban J connectivity index is 2.21. The number of aryl methyl sites for hydroxylation is 1. The number of methoxy groups -OCH3 is 1. The zero-order chi connectivity index (χ0) is 18.0. The molecule has 2 aromatic carbocycles. The fraction of sp³-hybridized carbons (Fsp3) is 0.167. The summed E-state index contributed by atoms with van der Waals surface area (Å²) in [4.78, 5) is 0. The van der Waals surface area contributed by atoms with Crippen LogP contribution in [-0.2, 0) is 17.8 Å². The van der Waals surface area contributed by atoms with Crippen molar-refractivity contribution in [1.82, 2.24) is 4.57 Å². The summed E-state index contributed by atoms with van der Waals surface area (Å²) in [5.74, 6) is 0.737. The number of nitrogens with one attached hydrogen (secondary N) is 1. The Morgan fingerprint density at radius 1 is 1.28 bits per heavy atom. The molecule has 25 heavy (non-hydrogen) atoms. The van der Waals surface area contributed by atoms with Crippen molar-refractivity contribution in [3.05, 3.63) is 48.0 Å². The summed E-state index contributed by atoms with van der Waals surface area (Å²) in [5.41, 5.74) is 3.76. The third kappa shape index (κ3) is 3.09. The Labute approximate surface area is 148 Å². The number of fused-ring (bicyclic) bond motifs is 1. The van der Waals surface area contributed by atoms with E-state index < -0.39 is 11.3 Å². The average molecular weight is 355 g/mol. The molecule has 0 spiro atoms. The second-order valence-corrected chi connectivity index (χ2v) is 6.09. The summed E-state index contributed by atoms with van der Waals surface area (Å²) in [6.07, 6.45) is 0. The number of hydrogen-bond donors (Lipinski definition) is 2. The maximum absolute atomic E-state index is 10.8. The molecule has 7 heteroatoms. The van der Waals surface area contributed by atoms with Crippen LogP contribution in [-0.4, -0.2) is 20.4 Å². The predicted molar refractivity (Wildman–Crippen MR) is 98.7 cm³/mol. The molecular formula is C18H17N3O3S. The molecule has 0 aliphatic heterocycles. The van der Waals surface area contributed by atoms with Gasteiger partial charge in [-0.15, -0.1) is 0 Å². The summed E-state index contributed by atoms with van der Waals surface area (Å²) in [6, 6.07) is 15.1. The van der Waals surface area contributed by atoms with Crippen molar-refractivity contribution >= 4 is 27.9 Å². The molecule has 0 radical (unpaired) electrons. The molecule has 0 saturated heterocycles. The van der Waals surface area contributed by atoms with Crippen LogP contribution in [0.2, 0.25) is 0 Å². The maximum atomic E-state index is 10.8. The van der Waals surface area contributed by atoms with Gasteiger partial charge in [0.1, 0.15) is 11.8 Å². The lowest BCUT2D eigenvalue weighted by Gasteiger charge is -2.10. The molecule has 0 aliphatic carbocycles. The first kappa shape index (κ1) is 17.0. The quantitative estimate of drug-likeness (QED) is 0.682. The smallest absolute Gasteiger partial charge is 0.259 e. The second-order valence-electron chi connectivity index (χ2n) is 5.39. The van der Waals surface area contributed by atoms with Gasteiger partial charge in [-0.05, 0) is 36.8 Å². The van der Waals surface area contributed by atoms with Crippen LogP contribution in [0.5, 0.6) is 5.75 Å². The van der Waals surface area contributed by atoms with Crippen molar-refractivity contribution < 1.29 is 13.5 Å². The number of nitrogens with zero attached hydrogens (tertiary/aromatic N) is 2. The molecule has 0 bridgehead atoms. The molecule has 1 heterocycles. The third-order valence-corrected chi connectivity index (χ3v) is 4.47. The van der Waals surface area contributed by atoms with Crippen LogP contribution in [0, 0.1) is 11.3 Å². The first-order valence-corrected chi connectivity index (χ1v) is 8.78. The van der Waals surface area contributed by atoms with E-state index in [1.54, 1.807) is 19.2 Å². The minimum absolute atomic E-state index is 0.531. The molecule has 2 N–H and O–H groups in total. The van der Waals surface area contributed by atoms with E-state index in [1.165, 1.54) is 0 Å². The highest BCUT2D eigenvalue weighted by Gasteiger charge is 2.18. The van der Waals surface area contributed by atoms with Gasteiger partial charge >= 0.3 is 0 Å². The van der Waals surface area contributed by atoms with E-state index in [0.717, 1.165) is 27.9 Å². The van der Waals surface area contributed by atoms with Gasteiger partial charge in [-0.1, -0.05) is 12.1 Å².